The third-order valence-electron chi connectivity index (χ3n) is 9.78. The van der Waals surface area contributed by atoms with Gasteiger partial charge < -0.3 is 24.4 Å². The van der Waals surface area contributed by atoms with Crippen LogP contribution in [0.1, 0.15) is 60.9 Å². The van der Waals surface area contributed by atoms with Gasteiger partial charge >= 0.3 is 5.97 Å². The Kier molecular flexibility index (Phi) is 7.10. The van der Waals surface area contributed by atoms with Gasteiger partial charge in [-0.2, -0.15) is 0 Å². The maximum Gasteiger partial charge on any atom is 0.335 e. The standard InChI is InChI=1S/C34H39N5O3/c1-2-36-15-17-37(18-16-36)30(40)22-38-19-20-39-29-21-24(34(41)42)10-11-26(29)31(23-7-4-3-5-8-23)33(39)27-12-13-28-25(32(27)38)9-6-14-35-28/h6,9-14,21,23H,2-5,7-8,15-20,22H2,1H3,(H,41,42). The minimum Gasteiger partial charge on any atom is -0.478 e. The molecule has 0 atom stereocenters. The van der Waals surface area contributed by atoms with Crippen LogP contribution in [0.2, 0.25) is 0 Å². The van der Waals surface area contributed by atoms with E-state index in [0.717, 1.165) is 78.6 Å². The Hall–Kier alpha value is -3.91. The molecular weight excluding hydrogens is 526 g/mol. The second-order valence-electron chi connectivity index (χ2n) is 12.1. The Morgan fingerprint density at radius 2 is 1.74 bits per heavy atom. The Labute approximate surface area is 246 Å². The van der Waals surface area contributed by atoms with E-state index in [1.54, 1.807) is 6.07 Å². The first-order valence-corrected chi connectivity index (χ1v) is 15.6. The highest BCUT2D eigenvalue weighted by Gasteiger charge is 2.33. The number of carbonyl (C=O) groups excluding carboxylic acids is 1. The van der Waals surface area contributed by atoms with E-state index in [-0.39, 0.29) is 5.91 Å². The lowest BCUT2D eigenvalue weighted by atomic mass is 9.81. The highest BCUT2D eigenvalue weighted by Crippen LogP contribution is 2.49. The molecule has 218 valence electrons. The van der Waals surface area contributed by atoms with Crippen LogP contribution in [0.5, 0.6) is 0 Å². The predicted molar refractivity (Wildman–Crippen MR) is 166 cm³/mol. The molecule has 2 aliphatic heterocycles. The number of likely N-dealkylation sites (N-methyl/N-ethyl adjacent to an activating group) is 1. The summed E-state index contributed by atoms with van der Waals surface area (Å²) in [5.41, 5.74) is 6.92. The summed E-state index contributed by atoms with van der Waals surface area (Å²) in [4.78, 5) is 37.1. The Morgan fingerprint density at radius 3 is 2.50 bits per heavy atom. The molecule has 8 nitrogen and oxygen atoms in total. The molecule has 0 spiro atoms. The first-order chi connectivity index (χ1) is 20.5. The van der Waals surface area contributed by atoms with Crippen molar-refractivity contribution in [1.29, 1.82) is 0 Å². The van der Waals surface area contributed by atoms with Crippen LogP contribution in [0.15, 0.2) is 48.7 Å². The number of nitrogens with zero attached hydrogens (tertiary/aromatic N) is 5. The van der Waals surface area contributed by atoms with Crippen molar-refractivity contribution in [3.05, 3.63) is 59.8 Å². The van der Waals surface area contributed by atoms with Crippen LogP contribution in [-0.2, 0) is 11.3 Å². The van der Waals surface area contributed by atoms with Crippen LogP contribution in [0, 0.1) is 0 Å². The molecule has 0 bridgehead atoms. The molecule has 1 N–H and O–H groups in total. The summed E-state index contributed by atoms with van der Waals surface area (Å²) < 4.78 is 2.34. The van der Waals surface area contributed by atoms with E-state index in [1.807, 2.05) is 29.3 Å². The molecule has 3 aliphatic rings. The molecule has 7 rings (SSSR count). The van der Waals surface area contributed by atoms with Gasteiger partial charge in [-0.25, -0.2) is 4.79 Å². The van der Waals surface area contributed by atoms with Crippen LogP contribution in [0.4, 0.5) is 5.69 Å². The normalized spacial score (nSPS) is 18.2. The van der Waals surface area contributed by atoms with E-state index < -0.39 is 5.97 Å². The molecule has 2 aromatic carbocycles. The second kappa shape index (κ2) is 11.1. The molecule has 0 radical (unpaired) electrons. The first kappa shape index (κ1) is 27.0. The van der Waals surface area contributed by atoms with Crippen LogP contribution >= 0.6 is 0 Å². The Morgan fingerprint density at radius 1 is 0.929 bits per heavy atom. The summed E-state index contributed by atoms with van der Waals surface area (Å²) in [5, 5.41) is 12.1. The summed E-state index contributed by atoms with van der Waals surface area (Å²) in [6, 6.07) is 14.0. The lowest BCUT2D eigenvalue weighted by molar-refractivity contribution is -0.131. The van der Waals surface area contributed by atoms with Crippen molar-refractivity contribution in [2.24, 2.45) is 0 Å². The third-order valence-corrected chi connectivity index (χ3v) is 9.78. The number of hydrogen-bond acceptors (Lipinski definition) is 5. The zero-order valence-corrected chi connectivity index (χ0v) is 24.4. The number of carboxylic acids is 1. The number of rotatable bonds is 5. The Balaban J connectivity index is 1.39. The fraction of sp³-hybridized carbons (Fsp3) is 0.441. The summed E-state index contributed by atoms with van der Waals surface area (Å²) >= 11 is 0. The summed E-state index contributed by atoms with van der Waals surface area (Å²) in [7, 11) is 0. The number of benzene rings is 2. The van der Waals surface area contributed by atoms with Gasteiger partial charge in [-0.1, -0.05) is 32.3 Å². The highest BCUT2D eigenvalue weighted by molar-refractivity contribution is 6.05. The molecule has 1 saturated carbocycles. The number of aromatic carboxylic acids is 1. The van der Waals surface area contributed by atoms with Crippen molar-refractivity contribution in [3.8, 4) is 11.3 Å². The van der Waals surface area contributed by atoms with Gasteiger partial charge in [-0.3, -0.25) is 9.78 Å². The lowest BCUT2D eigenvalue weighted by Gasteiger charge is -2.36. The number of piperazine rings is 1. The minimum atomic E-state index is -0.909. The zero-order valence-electron chi connectivity index (χ0n) is 24.4. The number of fused-ring (bicyclic) bond motifs is 7. The molecule has 42 heavy (non-hydrogen) atoms. The van der Waals surface area contributed by atoms with E-state index in [4.69, 9.17) is 0 Å². The van der Waals surface area contributed by atoms with Gasteiger partial charge in [0.1, 0.15) is 0 Å². The van der Waals surface area contributed by atoms with E-state index in [0.29, 0.717) is 31.1 Å². The van der Waals surface area contributed by atoms with Gasteiger partial charge in [0.25, 0.3) is 0 Å². The minimum absolute atomic E-state index is 0.162. The second-order valence-corrected chi connectivity index (χ2v) is 12.1. The summed E-state index contributed by atoms with van der Waals surface area (Å²) in [5.74, 6) is -0.323. The lowest BCUT2D eigenvalue weighted by Crippen LogP contribution is -2.51. The maximum absolute atomic E-state index is 13.8. The summed E-state index contributed by atoms with van der Waals surface area (Å²) in [6.45, 7) is 8.19. The van der Waals surface area contributed by atoms with Crippen LogP contribution < -0.4 is 4.90 Å². The van der Waals surface area contributed by atoms with E-state index in [1.165, 1.54) is 30.5 Å². The van der Waals surface area contributed by atoms with Crippen molar-refractivity contribution in [1.82, 2.24) is 19.4 Å². The molecule has 0 unspecified atom stereocenters. The molecule has 1 aliphatic carbocycles. The van der Waals surface area contributed by atoms with Crippen molar-refractivity contribution < 1.29 is 14.7 Å². The topological polar surface area (TPSA) is 81.9 Å². The van der Waals surface area contributed by atoms with Gasteiger partial charge in [-0.15, -0.1) is 0 Å². The number of pyridine rings is 1. The predicted octanol–water partition coefficient (Wildman–Crippen LogP) is 5.59. The van der Waals surface area contributed by atoms with E-state index in [9.17, 15) is 14.7 Å². The molecule has 4 aromatic rings. The molecule has 8 heteroatoms. The van der Waals surface area contributed by atoms with Crippen molar-refractivity contribution in [2.75, 3.05) is 50.7 Å². The monoisotopic (exact) mass is 565 g/mol. The average Bonchev–Trinajstić information content (AvgIpc) is 3.26. The number of hydrogen-bond donors (Lipinski definition) is 1. The van der Waals surface area contributed by atoms with Gasteiger partial charge in [0.05, 0.1) is 29.0 Å². The molecule has 1 saturated heterocycles. The fourth-order valence-corrected chi connectivity index (χ4v) is 7.57. The highest BCUT2D eigenvalue weighted by atomic mass is 16.4. The number of aromatic nitrogens is 2. The zero-order chi connectivity index (χ0) is 28.8. The number of carbonyl (C=O) groups is 2. The van der Waals surface area contributed by atoms with E-state index in [2.05, 4.69) is 44.5 Å². The van der Waals surface area contributed by atoms with Crippen molar-refractivity contribution >= 4 is 39.4 Å². The van der Waals surface area contributed by atoms with Gasteiger partial charge in [-0.05, 0) is 67.3 Å². The van der Waals surface area contributed by atoms with Crippen LogP contribution in [0.25, 0.3) is 33.1 Å². The molecule has 4 heterocycles. The maximum atomic E-state index is 13.8. The van der Waals surface area contributed by atoms with Crippen molar-refractivity contribution in [3.63, 3.8) is 0 Å². The van der Waals surface area contributed by atoms with Gasteiger partial charge in [0.2, 0.25) is 5.91 Å². The molecule has 1 amide bonds. The van der Waals surface area contributed by atoms with Gasteiger partial charge in [0.15, 0.2) is 0 Å². The first-order valence-electron chi connectivity index (χ1n) is 15.6. The van der Waals surface area contributed by atoms with E-state index >= 15 is 0 Å². The molecule has 2 aromatic heterocycles. The van der Waals surface area contributed by atoms with Crippen LogP contribution in [0.3, 0.4) is 0 Å². The molecular formula is C34H39N5O3. The summed E-state index contributed by atoms with van der Waals surface area (Å²) in [6.07, 6.45) is 7.80. The van der Waals surface area contributed by atoms with Crippen LogP contribution in [-0.4, -0.2) is 82.1 Å². The number of carboxylic acid groups (broad SMARTS) is 1. The fourth-order valence-electron chi connectivity index (χ4n) is 7.57. The SMILES string of the molecule is CCN1CCN(C(=O)CN2CCn3c(c(C4CCCCC4)c4ccc(C(=O)O)cc43)-c3ccc4ncccc4c32)CC1. The molecule has 2 fully saturated rings. The number of anilines is 1. The third kappa shape index (κ3) is 4.62. The Bertz CT molecular complexity index is 1660. The largest absolute Gasteiger partial charge is 0.478 e. The number of amides is 1. The van der Waals surface area contributed by atoms with Crippen molar-refractivity contribution in [2.45, 2.75) is 51.5 Å². The quantitative estimate of drug-likeness (QED) is 0.340. The van der Waals surface area contributed by atoms with Gasteiger partial charge in [0, 0.05) is 67.3 Å². The smallest absolute Gasteiger partial charge is 0.335 e. The average molecular weight is 566 g/mol.